The van der Waals surface area contributed by atoms with E-state index in [-0.39, 0.29) is 5.25 Å². The van der Waals surface area contributed by atoms with Crippen LogP contribution in [0.4, 0.5) is 4.79 Å². The van der Waals surface area contributed by atoms with E-state index in [9.17, 15) is 13.2 Å². The fourth-order valence-corrected chi connectivity index (χ4v) is 5.61. The van der Waals surface area contributed by atoms with Crippen LogP contribution < -0.4 is 0 Å². The van der Waals surface area contributed by atoms with Crippen LogP contribution in [0.25, 0.3) is 5.57 Å². The molecule has 2 bridgehead atoms. The fourth-order valence-electron chi connectivity index (χ4n) is 3.36. The van der Waals surface area contributed by atoms with Crippen molar-refractivity contribution in [3.63, 3.8) is 0 Å². The Bertz CT molecular complexity index is 752. The lowest BCUT2D eigenvalue weighted by Crippen LogP contribution is -2.39. The van der Waals surface area contributed by atoms with Crippen LogP contribution in [0, 0.1) is 0 Å². The van der Waals surface area contributed by atoms with E-state index in [1.54, 1.807) is 12.3 Å². The quantitative estimate of drug-likeness (QED) is 0.788. The summed E-state index contributed by atoms with van der Waals surface area (Å²) in [5, 5.41) is -0.727. The highest BCUT2D eigenvalue weighted by molar-refractivity contribution is 7.93. The van der Waals surface area contributed by atoms with Crippen LogP contribution in [-0.4, -0.2) is 35.2 Å². The maximum atomic E-state index is 12.4. The highest BCUT2D eigenvalue weighted by Gasteiger charge is 2.41. The molecule has 2 aliphatic heterocycles. The summed E-state index contributed by atoms with van der Waals surface area (Å²) in [5.74, 6) is 0. The maximum absolute atomic E-state index is 12.4. The normalized spacial score (nSPS) is 26.5. The Labute approximate surface area is 137 Å². The molecule has 2 aliphatic rings. The Morgan fingerprint density at radius 2 is 2.04 bits per heavy atom. The molecule has 0 spiro atoms. The Morgan fingerprint density at radius 3 is 2.70 bits per heavy atom. The monoisotopic (exact) mass is 337 g/mol. The minimum absolute atomic E-state index is 0.316. The van der Waals surface area contributed by atoms with E-state index in [0.29, 0.717) is 19.3 Å². The van der Waals surface area contributed by atoms with Gasteiger partial charge in [0.05, 0.1) is 16.2 Å². The van der Waals surface area contributed by atoms with E-state index in [2.05, 4.69) is 0 Å². The highest BCUT2D eigenvalue weighted by Crippen LogP contribution is 2.39. The predicted octanol–water partition coefficient (Wildman–Crippen LogP) is 3.39. The number of sulfone groups is 1. The van der Waals surface area contributed by atoms with Crippen LogP contribution in [-0.2, 0) is 14.6 Å². The Kier molecular flexibility index (Phi) is 3.91. The molecular formula is C17H23NO4S. The van der Waals surface area contributed by atoms with Gasteiger partial charge in [0.15, 0.2) is 9.84 Å². The van der Waals surface area contributed by atoms with Crippen molar-refractivity contribution in [2.45, 2.75) is 62.6 Å². The van der Waals surface area contributed by atoms with Crippen LogP contribution in [0.3, 0.4) is 0 Å². The molecule has 1 saturated heterocycles. The molecular weight excluding hydrogens is 314 g/mol. The smallest absolute Gasteiger partial charge is 0.418 e. The second kappa shape index (κ2) is 5.51. The van der Waals surface area contributed by atoms with Crippen molar-refractivity contribution in [2.75, 3.05) is 0 Å². The van der Waals surface area contributed by atoms with Gasteiger partial charge in [0, 0.05) is 6.20 Å². The highest BCUT2D eigenvalue weighted by atomic mass is 32.2. The van der Waals surface area contributed by atoms with Gasteiger partial charge in [-0.05, 0) is 57.7 Å². The number of carbonyl (C=O) groups is 1. The zero-order valence-corrected chi connectivity index (χ0v) is 14.6. The van der Waals surface area contributed by atoms with Gasteiger partial charge in [-0.25, -0.2) is 13.2 Å². The number of fused-ring (bicyclic) bond motifs is 2. The molecule has 3 heterocycles. The lowest BCUT2D eigenvalue weighted by atomic mass is 9.96. The summed E-state index contributed by atoms with van der Waals surface area (Å²) in [6.07, 6.45) is 5.89. The molecule has 2 atom stereocenters. The molecule has 3 rings (SSSR count). The number of hydrogen-bond acceptors (Lipinski definition) is 4. The fraction of sp³-hybridized carbons (Fsp3) is 0.588. The molecule has 0 N–H and O–H groups in total. The van der Waals surface area contributed by atoms with Crippen LogP contribution in [0.1, 0.15) is 52.1 Å². The van der Waals surface area contributed by atoms with E-state index in [1.807, 2.05) is 32.9 Å². The molecule has 23 heavy (non-hydrogen) atoms. The summed E-state index contributed by atoms with van der Waals surface area (Å²) >= 11 is 0. The number of allylic oxidation sites excluding steroid dienone is 1. The molecule has 0 aliphatic carbocycles. The van der Waals surface area contributed by atoms with Crippen LogP contribution in [0.2, 0.25) is 0 Å². The average molecular weight is 337 g/mol. The Morgan fingerprint density at radius 1 is 1.30 bits per heavy atom. The summed E-state index contributed by atoms with van der Waals surface area (Å²) < 4.78 is 31.7. The first-order chi connectivity index (χ1) is 10.7. The van der Waals surface area contributed by atoms with Gasteiger partial charge in [0.25, 0.3) is 0 Å². The molecule has 5 nitrogen and oxygen atoms in total. The van der Waals surface area contributed by atoms with Gasteiger partial charge in [-0.15, -0.1) is 0 Å². The summed E-state index contributed by atoms with van der Waals surface area (Å²) in [7, 11) is -3.05. The van der Waals surface area contributed by atoms with E-state index in [4.69, 9.17) is 4.74 Å². The molecule has 0 aromatic carbocycles. The number of rotatable bonds is 1. The number of hydrogen-bond donors (Lipinski definition) is 0. The SMILES string of the molecule is CC(C)(C)OC(=O)n1cccc1C1=CC2CCCC(C1)S2(=O)=O. The lowest BCUT2D eigenvalue weighted by Gasteiger charge is -2.33. The Hall–Kier alpha value is -1.56. The van der Waals surface area contributed by atoms with Crippen LogP contribution in [0.5, 0.6) is 0 Å². The summed E-state index contributed by atoms with van der Waals surface area (Å²) in [6, 6.07) is 3.64. The van der Waals surface area contributed by atoms with Gasteiger partial charge in [-0.2, -0.15) is 0 Å². The first-order valence-electron chi connectivity index (χ1n) is 8.03. The number of nitrogens with zero attached hydrogens (tertiary/aromatic N) is 1. The van der Waals surface area contributed by atoms with Gasteiger partial charge in [-0.1, -0.05) is 12.5 Å². The van der Waals surface area contributed by atoms with Gasteiger partial charge in [0.2, 0.25) is 0 Å². The summed E-state index contributed by atoms with van der Waals surface area (Å²) in [6.45, 7) is 5.47. The number of aromatic nitrogens is 1. The molecule has 1 fully saturated rings. The molecule has 6 heteroatoms. The third-order valence-electron chi connectivity index (χ3n) is 4.40. The maximum Gasteiger partial charge on any atom is 0.418 e. The largest absolute Gasteiger partial charge is 0.443 e. The van der Waals surface area contributed by atoms with E-state index in [1.165, 1.54) is 4.57 Å². The Balaban J connectivity index is 1.94. The predicted molar refractivity (Wildman–Crippen MR) is 89.0 cm³/mol. The topological polar surface area (TPSA) is 65.4 Å². The third kappa shape index (κ3) is 3.09. The van der Waals surface area contributed by atoms with Gasteiger partial charge in [-0.3, -0.25) is 4.57 Å². The standard InChI is InChI=1S/C17H23NO4S/c1-17(2,3)22-16(19)18-9-5-8-15(18)12-10-13-6-4-7-14(11-12)23(13,20)21/h5,8-10,13-14H,4,6-7,11H2,1-3H3. The number of carbonyl (C=O) groups excluding carboxylic acids is 1. The second-order valence-corrected chi connectivity index (χ2v) is 9.77. The van der Waals surface area contributed by atoms with Crippen molar-refractivity contribution in [1.82, 2.24) is 4.57 Å². The van der Waals surface area contributed by atoms with E-state index in [0.717, 1.165) is 17.7 Å². The van der Waals surface area contributed by atoms with E-state index < -0.39 is 26.8 Å². The number of ether oxygens (including phenoxy) is 1. The molecule has 0 amide bonds. The average Bonchev–Trinajstić information content (AvgIpc) is 2.84. The second-order valence-electron chi connectivity index (χ2n) is 7.32. The third-order valence-corrected chi connectivity index (χ3v) is 6.95. The van der Waals surface area contributed by atoms with Crippen LogP contribution >= 0.6 is 0 Å². The molecule has 1 aromatic rings. The van der Waals surface area contributed by atoms with Crippen molar-refractivity contribution in [3.05, 3.63) is 30.1 Å². The van der Waals surface area contributed by atoms with E-state index >= 15 is 0 Å². The molecule has 126 valence electrons. The van der Waals surface area contributed by atoms with Gasteiger partial charge < -0.3 is 4.74 Å². The van der Waals surface area contributed by atoms with Gasteiger partial charge in [0.1, 0.15) is 5.60 Å². The van der Waals surface area contributed by atoms with Crippen molar-refractivity contribution >= 4 is 21.5 Å². The molecule has 0 radical (unpaired) electrons. The minimum Gasteiger partial charge on any atom is -0.443 e. The van der Waals surface area contributed by atoms with Gasteiger partial charge >= 0.3 is 6.09 Å². The summed E-state index contributed by atoms with van der Waals surface area (Å²) in [5.41, 5.74) is 1.11. The minimum atomic E-state index is -3.05. The van der Waals surface area contributed by atoms with Crippen LogP contribution in [0.15, 0.2) is 24.4 Å². The molecule has 1 aromatic heterocycles. The first kappa shape index (κ1) is 16.3. The van der Waals surface area contributed by atoms with Crippen molar-refractivity contribution in [1.29, 1.82) is 0 Å². The molecule has 2 unspecified atom stereocenters. The van der Waals surface area contributed by atoms with Crippen molar-refractivity contribution in [2.24, 2.45) is 0 Å². The first-order valence-corrected chi connectivity index (χ1v) is 9.64. The molecule has 0 saturated carbocycles. The lowest BCUT2D eigenvalue weighted by molar-refractivity contribution is 0.0536. The zero-order valence-electron chi connectivity index (χ0n) is 13.8. The van der Waals surface area contributed by atoms with Crippen molar-refractivity contribution in [3.8, 4) is 0 Å². The van der Waals surface area contributed by atoms with Crippen molar-refractivity contribution < 1.29 is 17.9 Å². The summed E-state index contributed by atoms with van der Waals surface area (Å²) in [4.78, 5) is 12.4. The zero-order chi connectivity index (χ0) is 16.8.